The highest BCUT2D eigenvalue weighted by Crippen LogP contribution is 2.65. The van der Waals surface area contributed by atoms with Crippen molar-refractivity contribution in [3.8, 4) is 11.1 Å². The van der Waals surface area contributed by atoms with Gasteiger partial charge in [0.15, 0.2) is 5.82 Å². The normalized spacial score (nSPS) is 20.7. The standard InChI is InChI=1S/C25H24F3N5O/c1-15(2)21-30-11-16(12-31-21)23(34)32-20-18(17-5-3-4-6-19(17)26)7-9-29-22(20)33-10-8-24(14-33)13-25(24,27)28/h3-7,9,11-12,15H,8,10,13-14H2,1-2H3,(H,32,34). The molecule has 1 saturated heterocycles. The first kappa shape index (κ1) is 22.3. The molecular weight excluding hydrogens is 443 g/mol. The van der Waals surface area contributed by atoms with Gasteiger partial charge in [0.05, 0.1) is 16.7 Å². The molecule has 5 rings (SSSR count). The van der Waals surface area contributed by atoms with Gasteiger partial charge in [-0.25, -0.2) is 28.1 Å². The zero-order chi connectivity index (χ0) is 24.1. The molecule has 1 unspecified atom stereocenters. The first-order valence-corrected chi connectivity index (χ1v) is 11.2. The second kappa shape index (κ2) is 8.07. The zero-order valence-corrected chi connectivity index (χ0v) is 18.9. The molecule has 2 aliphatic rings. The summed E-state index contributed by atoms with van der Waals surface area (Å²) in [5, 5.41) is 2.84. The van der Waals surface area contributed by atoms with Crippen molar-refractivity contribution < 1.29 is 18.0 Å². The van der Waals surface area contributed by atoms with Crippen LogP contribution in [0.3, 0.4) is 0 Å². The monoisotopic (exact) mass is 467 g/mol. The smallest absolute Gasteiger partial charge is 0.258 e. The lowest BCUT2D eigenvalue weighted by atomic mass is 10.0. The van der Waals surface area contributed by atoms with Crippen LogP contribution in [0, 0.1) is 11.2 Å². The van der Waals surface area contributed by atoms with E-state index >= 15 is 0 Å². The summed E-state index contributed by atoms with van der Waals surface area (Å²) in [6.07, 6.45) is 4.57. The lowest BCUT2D eigenvalue weighted by molar-refractivity contribution is 0.0710. The second-order valence-corrected chi connectivity index (χ2v) is 9.31. The van der Waals surface area contributed by atoms with Gasteiger partial charge >= 0.3 is 0 Å². The molecule has 1 N–H and O–H groups in total. The Balaban J connectivity index is 1.53. The number of halogens is 3. The summed E-state index contributed by atoms with van der Waals surface area (Å²) in [5.74, 6) is -2.59. The quantitative estimate of drug-likeness (QED) is 0.552. The highest BCUT2D eigenvalue weighted by molar-refractivity contribution is 6.08. The summed E-state index contributed by atoms with van der Waals surface area (Å²) in [7, 11) is 0. The number of benzene rings is 1. The summed E-state index contributed by atoms with van der Waals surface area (Å²) in [5.41, 5.74) is 0.139. The molecule has 1 spiro atoms. The van der Waals surface area contributed by atoms with Crippen LogP contribution in [0.5, 0.6) is 0 Å². The fourth-order valence-electron chi connectivity index (χ4n) is 4.53. The van der Waals surface area contributed by atoms with Crippen LogP contribution in [0.2, 0.25) is 0 Å². The molecule has 1 atom stereocenters. The van der Waals surface area contributed by atoms with Crippen molar-refractivity contribution in [3.05, 3.63) is 66.1 Å². The highest BCUT2D eigenvalue weighted by atomic mass is 19.3. The Morgan fingerprint density at radius 2 is 1.79 bits per heavy atom. The van der Waals surface area contributed by atoms with Crippen LogP contribution in [-0.4, -0.2) is 39.9 Å². The number of nitrogens with zero attached hydrogens (tertiary/aromatic N) is 4. The summed E-state index contributed by atoms with van der Waals surface area (Å²) < 4.78 is 42.8. The van der Waals surface area contributed by atoms with Crippen molar-refractivity contribution in [1.29, 1.82) is 0 Å². The highest BCUT2D eigenvalue weighted by Gasteiger charge is 2.72. The van der Waals surface area contributed by atoms with Gasteiger partial charge < -0.3 is 10.2 Å². The summed E-state index contributed by atoms with van der Waals surface area (Å²) in [6, 6.07) is 7.80. The molecule has 1 saturated carbocycles. The lowest BCUT2D eigenvalue weighted by Gasteiger charge is -2.23. The predicted octanol–water partition coefficient (Wildman–Crippen LogP) is 5.29. The van der Waals surface area contributed by atoms with E-state index in [2.05, 4.69) is 20.3 Å². The van der Waals surface area contributed by atoms with Gasteiger partial charge in [-0.1, -0.05) is 32.0 Å². The first-order valence-electron chi connectivity index (χ1n) is 11.2. The maximum Gasteiger partial charge on any atom is 0.258 e. The van der Waals surface area contributed by atoms with Crippen molar-refractivity contribution in [2.24, 2.45) is 5.41 Å². The third-order valence-electron chi connectivity index (χ3n) is 6.65. The Bertz CT molecular complexity index is 1250. The Morgan fingerprint density at radius 1 is 1.09 bits per heavy atom. The molecule has 34 heavy (non-hydrogen) atoms. The van der Waals surface area contributed by atoms with Gasteiger partial charge in [-0.3, -0.25) is 4.79 Å². The van der Waals surface area contributed by atoms with Crippen LogP contribution >= 0.6 is 0 Å². The van der Waals surface area contributed by atoms with E-state index in [0.29, 0.717) is 30.2 Å². The molecule has 0 radical (unpaired) electrons. The summed E-state index contributed by atoms with van der Waals surface area (Å²) >= 11 is 0. The van der Waals surface area contributed by atoms with Gasteiger partial charge in [0.2, 0.25) is 0 Å². The Kier molecular flexibility index (Phi) is 5.30. The largest absolute Gasteiger partial charge is 0.354 e. The number of hydrogen-bond donors (Lipinski definition) is 1. The van der Waals surface area contributed by atoms with Crippen LogP contribution in [-0.2, 0) is 0 Å². The van der Waals surface area contributed by atoms with E-state index in [4.69, 9.17) is 0 Å². The number of aromatic nitrogens is 3. The van der Waals surface area contributed by atoms with E-state index < -0.39 is 23.1 Å². The summed E-state index contributed by atoms with van der Waals surface area (Å²) in [4.78, 5) is 27.8. The van der Waals surface area contributed by atoms with Crippen molar-refractivity contribution in [3.63, 3.8) is 0 Å². The number of pyridine rings is 1. The first-order chi connectivity index (χ1) is 16.2. The van der Waals surface area contributed by atoms with Crippen molar-refractivity contribution >= 4 is 17.4 Å². The van der Waals surface area contributed by atoms with E-state index in [9.17, 15) is 18.0 Å². The minimum Gasteiger partial charge on any atom is -0.354 e. The Labute approximate surface area is 195 Å². The van der Waals surface area contributed by atoms with E-state index in [0.717, 1.165) is 0 Å². The lowest BCUT2D eigenvalue weighted by Crippen LogP contribution is -2.25. The van der Waals surface area contributed by atoms with Crippen LogP contribution in [0.1, 0.15) is 48.8 Å². The summed E-state index contributed by atoms with van der Waals surface area (Å²) in [6.45, 7) is 4.40. The molecule has 2 aromatic heterocycles. The maximum absolute atomic E-state index is 14.7. The molecule has 6 nitrogen and oxygen atoms in total. The molecule has 176 valence electrons. The number of hydrogen-bond acceptors (Lipinski definition) is 5. The van der Waals surface area contributed by atoms with Gasteiger partial charge in [-0.2, -0.15) is 0 Å². The number of anilines is 2. The van der Waals surface area contributed by atoms with Gasteiger partial charge in [0.1, 0.15) is 11.6 Å². The Hall–Kier alpha value is -3.49. The van der Waals surface area contributed by atoms with Crippen molar-refractivity contribution in [2.75, 3.05) is 23.3 Å². The number of amides is 1. The maximum atomic E-state index is 14.7. The van der Waals surface area contributed by atoms with Crippen LogP contribution in [0.25, 0.3) is 11.1 Å². The van der Waals surface area contributed by atoms with Crippen LogP contribution in [0.15, 0.2) is 48.9 Å². The van der Waals surface area contributed by atoms with E-state index in [1.54, 1.807) is 29.2 Å². The SMILES string of the molecule is CC(C)c1ncc(C(=O)Nc2c(-c3ccccc3F)ccnc2N2CCC3(C2)CC3(F)F)cn1. The number of rotatable bonds is 5. The molecule has 1 aromatic carbocycles. The van der Waals surface area contributed by atoms with Crippen LogP contribution in [0.4, 0.5) is 24.7 Å². The average Bonchev–Trinajstić information content (AvgIpc) is 3.12. The average molecular weight is 467 g/mol. The number of nitrogens with one attached hydrogen (secondary N) is 1. The second-order valence-electron chi connectivity index (χ2n) is 9.31. The Morgan fingerprint density at radius 3 is 2.41 bits per heavy atom. The van der Waals surface area contributed by atoms with Crippen molar-refractivity contribution in [1.82, 2.24) is 15.0 Å². The third-order valence-corrected chi connectivity index (χ3v) is 6.65. The van der Waals surface area contributed by atoms with Crippen LogP contribution < -0.4 is 10.2 Å². The molecule has 1 amide bonds. The molecule has 1 aliphatic carbocycles. The molecule has 3 heterocycles. The molecule has 3 aromatic rings. The van der Waals surface area contributed by atoms with E-state index in [-0.39, 0.29) is 35.7 Å². The molecule has 9 heteroatoms. The van der Waals surface area contributed by atoms with Gasteiger partial charge in [0, 0.05) is 55.1 Å². The molecular formula is C25H24F3N5O. The minimum absolute atomic E-state index is 0.109. The minimum atomic E-state index is -2.69. The number of carbonyl (C=O) groups is 1. The molecule has 2 fully saturated rings. The van der Waals surface area contributed by atoms with Gasteiger partial charge in [-0.15, -0.1) is 0 Å². The number of alkyl halides is 2. The molecule has 0 bridgehead atoms. The zero-order valence-electron chi connectivity index (χ0n) is 18.9. The van der Waals surface area contributed by atoms with Crippen molar-refractivity contribution in [2.45, 2.75) is 38.5 Å². The van der Waals surface area contributed by atoms with Gasteiger partial charge in [0.25, 0.3) is 11.8 Å². The topological polar surface area (TPSA) is 71.0 Å². The third kappa shape index (κ3) is 3.78. The van der Waals surface area contributed by atoms with Gasteiger partial charge in [-0.05, 0) is 18.6 Å². The fourth-order valence-corrected chi connectivity index (χ4v) is 4.53. The fraction of sp³-hybridized carbons (Fsp3) is 0.360. The molecule has 1 aliphatic heterocycles. The van der Waals surface area contributed by atoms with E-state index in [1.807, 2.05) is 13.8 Å². The number of carbonyl (C=O) groups excluding carboxylic acids is 1. The van der Waals surface area contributed by atoms with E-state index in [1.165, 1.54) is 24.7 Å². The predicted molar refractivity (Wildman–Crippen MR) is 123 cm³/mol.